The summed E-state index contributed by atoms with van der Waals surface area (Å²) in [5.41, 5.74) is -0.464. The van der Waals surface area contributed by atoms with Crippen LogP contribution in [-0.2, 0) is 0 Å². The average molecular weight is 357 g/mol. The fraction of sp³-hybridized carbons (Fsp3) is 1.00. The van der Waals surface area contributed by atoms with Gasteiger partial charge in [0.25, 0.3) is 0 Å². The van der Waals surface area contributed by atoms with E-state index >= 15 is 0 Å². The maximum atomic E-state index is 13.1. The van der Waals surface area contributed by atoms with E-state index < -0.39 is 7.22 Å². The van der Waals surface area contributed by atoms with E-state index in [0.29, 0.717) is 0 Å². The highest BCUT2D eigenvalue weighted by Gasteiger charge is 2.39. The standard InChI is InChI=1S/C5H10FI2N/c1-4(2,9-3)5(6,7)8/h9H,1-3H3. The molecular formula is C5H10FI2N. The van der Waals surface area contributed by atoms with Gasteiger partial charge in [0.05, 0.1) is 5.54 Å². The Balaban J connectivity index is 4.14. The highest BCUT2D eigenvalue weighted by Crippen LogP contribution is 2.39. The van der Waals surface area contributed by atoms with Gasteiger partial charge in [-0.2, -0.15) is 0 Å². The molecule has 0 fully saturated rings. The van der Waals surface area contributed by atoms with Crippen LogP contribution < -0.4 is 5.32 Å². The minimum Gasteiger partial charge on any atom is -0.311 e. The van der Waals surface area contributed by atoms with Gasteiger partial charge in [-0.25, -0.2) is 4.39 Å². The fourth-order valence-electron chi connectivity index (χ4n) is 0.142. The van der Waals surface area contributed by atoms with E-state index in [1.165, 1.54) is 0 Å². The van der Waals surface area contributed by atoms with E-state index in [0.717, 1.165) is 0 Å². The van der Waals surface area contributed by atoms with E-state index in [2.05, 4.69) is 5.32 Å². The van der Waals surface area contributed by atoms with Crippen LogP contribution in [0.1, 0.15) is 13.8 Å². The second kappa shape index (κ2) is 3.17. The Labute approximate surface area is 82.4 Å². The van der Waals surface area contributed by atoms with Gasteiger partial charge in [-0.15, -0.1) is 0 Å². The lowest BCUT2D eigenvalue weighted by Crippen LogP contribution is -2.47. The molecule has 0 unspecified atom stereocenters. The van der Waals surface area contributed by atoms with Crippen molar-refractivity contribution in [2.24, 2.45) is 0 Å². The van der Waals surface area contributed by atoms with Crippen LogP contribution in [0.2, 0.25) is 0 Å². The number of alkyl halides is 3. The molecule has 0 aromatic carbocycles. The first-order valence-corrected chi connectivity index (χ1v) is 4.72. The molecule has 0 saturated heterocycles. The van der Waals surface area contributed by atoms with E-state index in [4.69, 9.17) is 0 Å². The number of nitrogens with one attached hydrogen (secondary N) is 1. The summed E-state index contributed by atoms with van der Waals surface area (Å²) >= 11 is 3.55. The van der Waals surface area contributed by atoms with Gasteiger partial charge in [-0.3, -0.25) is 0 Å². The van der Waals surface area contributed by atoms with Crippen molar-refractivity contribution < 1.29 is 4.39 Å². The SMILES string of the molecule is CNC(C)(C)C(F)(I)I. The Morgan fingerprint density at radius 2 is 1.67 bits per heavy atom. The molecule has 0 rings (SSSR count). The summed E-state index contributed by atoms with van der Waals surface area (Å²) in [7, 11) is 1.76. The lowest BCUT2D eigenvalue weighted by atomic mass is 10.1. The van der Waals surface area contributed by atoms with Crippen LogP contribution in [0.15, 0.2) is 0 Å². The number of hydrogen-bond acceptors (Lipinski definition) is 1. The number of halogens is 3. The molecule has 0 bridgehead atoms. The van der Waals surface area contributed by atoms with Crippen LogP contribution >= 0.6 is 45.2 Å². The van der Waals surface area contributed by atoms with E-state index in [1.807, 2.05) is 13.8 Å². The Kier molecular flexibility index (Phi) is 3.64. The molecule has 0 atom stereocenters. The van der Waals surface area contributed by atoms with E-state index in [9.17, 15) is 4.39 Å². The monoisotopic (exact) mass is 357 g/mol. The second-order valence-corrected chi connectivity index (χ2v) is 7.41. The van der Waals surface area contributed by atoms with Gasteiger partial charge < -0.3 is 5.32 Å². The summed E-state index contributed by atoms with van der Waals surface area (Å²) < 4.78 is 11.9. The van der Waals surface area contributed by atoms with Gasteiger partial charge in [0.15, 0.2) is 0 Å². The summed E-state index contributed by atoms with van der Waals surface area (Å²) in [5.74, 6) is 0. The van der Waals surface area contributed by atoms with Crippen LogP contribution in [0.25, 0.3) is 0 Å². The highest BCUT2D eigenvalue weighted by atomic mass is 127. The quantitative estimate of drug-likeness (QED) is 0.592. The van der Waals surface area contributed by atoms with E-state index in [1.54, 1.807) is 52.2 Å². The van der Waals surface area contributed by atoms with Gasteiger partial charge in [-0.1, -0.05) is 0 Å². The lowest BCUT2D eigenvalue weighted by molar-refractivity contribution is 0.273. The topological polar surface area (TPSA) is 12.0 Å². The molecule has 0 aromatic heterocycles. The molecule has 1 N–H and O–H groups in total. The van der Waals surface area contributed by atoms with Crippen LogP contribution in [0.5, 0.6) is 0 Å². The number of hydrogen-bond donors (Lipinski definition) is 1. The Morgan fingerprint density at radius 1 is 1.33 bits per heavy atom. The van der Waals surface area contributed by atoms with Crippen LogP contribution in [0, 0.1) is 0 Å². The van der Waals surface area contributed by atoms with Crippen molar-refractivity contribution >= 4 is 45.2 Å². The van der Waals surface area contributed by atoms with Crippen LogP contribution in [-0.4, -0.2) is 14.3 Å². The van der Waals surface area contributed by atoms with Gasteiger partial charge >= 0.3 is 0 Å². The van der Waals surface area contributed by atoms with Crippen molar-refractivity contribution in [2.75, 3.05) is 7.05 Å². The van der Waals surface area contributed by atoms with Gasteiger partial charge in [0.1, 0.15) is 0 Å². The molecule has 0 aliphatic carbocycles. The Morgan fingerprint density at radius 3 is 1.67 bits per heavy atom. The first kappa shape index (κ1) is 10.3. The molecule has 4 heteroatoms. The van der Waals surface area contributed by atoms with Crippen molar-refractivity contribution in [1.82, 2.24) is 5.32 Å². The predicted molar refractivity (Wildman–Crippen MR) is 55.0 cm³/mol. The molecular weight excluding hydrogens is 347 g/mol. The van der Waals surface area contributed by atoms with Crippen molar-refractivity contribution in [2.45, 2.75) is 21.1 Å². The molecule has 0 aliphatic rings. The van der Waals surface area contributed by atoms with Crippen molar-refractivity contribution in [3.63, 3.8) is 0 Å². The zero-order valence-electron chi connectivity index (χ0n) is 5.63. The molecule has 1 nitrogen and oxygen atoms in total. The highest BCUT2D eigenvalue weighted by molar-refractivity contribution is 14.2. The zero-order chi connectivity index (χ0) is 7.71. The summed E-state index contributed by atoms with van der Waals surface area (Å²) in [6, 6.07) is 0. The van der Waals surface area contributed by atoms with Crippen molar-refractivity contribution in [1.29, 1.82) is 0 Å². The van der Waals surface area contributed by atoms with Gasteiger partial charge in [0.2, 0.25) is 1.68 Å². The molecule has 0 aromatic rings. The third-order valence-corrected chi connectivity index (χ3v) is 4.03. The smallest absolute Gasteiger partial charge is 0.227 e. The maximum absolute atomic E-state index is 13.1. The largest absolute Gasteiger partial charge is 0.311 e. The minimum absolute atomic E-state index is 0.464. The molecule has 0 radical (unpaired) electrons. The molecule has 0 saturated carbocycles. The normalized spacial score (nSPS) is 14.0. The number of rotatable bonds is 2. The minimum atomic E-state index is -1.22. The van der Waals surface area contributed by atoms with Crippen molar-refractivity contribution in [3.05, 3.63) is 0 Å². The lowest BCUT2D eigenvalue weighted by Gasteiger charge is -2.31. The summed E-state index contributed by atoms with van der Waals surface area (Å²) in [6.07, 6.45) is 0. The van der Waals surface area contributed by atoms with Gasteiger partial charge in [-0.05, 0) is 66.1 Å². The average Bonchev–Trinajstić information content (AvgIpc) is 1.64. The first-order chi connectivity index (χ1) is 3.81. The van der Waals surface area contributed by atoms with Gasteiger partial charge in [0, 0.05) is 0 Å². The summed E-state index contributed by atoms with van der Waals surface area (Å²) in [6.45, 7) is 3.65. The molecule has 0 spiro atoms. The first-order valence-electron chi connectivity index (χ1n) is 2.57. The van der Waals surface area contributed by atoms with Crippen LogP contribution in [0.4, 0.5) is 4.39 Å². The third-order valence-electron chi connectivity index (χ3n) is 1.33. The van der Waals surface area contributed by atoms with Crippen molar-refractivity contribution in [3.8, 4) is 0 Å². The predicted octanol–water partition coefficient (Wildman–Crippen LogP) is 2.48. The van der Waals surface area contributed by atoms with Crippen LogP contribution in [0.3, 0.4) is 0 Å². The second-order valence-electron chi connectivity index (χ2n) is 2.37. The molecule has 9 heavy (non-hydrogen) atoms. The molecule has 0 aliphatic heterocycles. The third kappa shape index (κ3) is 2.83. The van der Waals surface area contributed by atoms with E-state index in [-0.39, 0.29) is 0 Å². The summed E-state index contributed by atoms with van der Waals surface area (Å²) in [5, 5.41) is 2.89. The molecule has 0 heterocycles. The maximum Gasteiger partial charge on any atom is 0.227 e. The molecule has 56 valence electrons. The fourth-order valence-corrected chi connectivity index (χ4v) is 0.681. The molecule has 0 amide bonds. The summed E-state index contributed by atoms with van der Waals surface area (Å²) in [4.78, 5) is 0. The zero-order valence-corrected chi connectivity index (χ0v) is 9.95. The Hall–Kier alpha value is 1.35. The Bertz CT molecular complexity index is 97.6.